The summed E-state index contributed by atoms with van der Waals surface area (Å²) in [6, 6.07) is 3.17. The molecule has 0 aliphatic rings. The SMILES string of the molecule is N=C(N)c1cc(C(F)(F)F)ccc1Sc1nccs1. The molecular formula is C11H8F3N3S2. The second-order valence-corrected chi connectivity index (χ2v) is 5.71. The number of hydrogen-bond acceptors (Lipinski definition) is 4. The van der Waals surface area contributed by atoms with Crippen LogP contribution in [0.5, 0.6) is 0 Å². The van der Waals surface area contributed by atoms with Gasteiger partial charge in [-0.05, 0) is 18.2 Å². The first-order valence-electron chi connectivity index (χ1n) is 5.01. The van der Waals surface area contributed by atoms with Crippen LogP contribution in [0.15, 0.2) is 39.0 Å². The zero-order valence-corrected chi connectivity index (χ0v) is 11.0. The quantitative estimate of drug-likeness (QED) is 0.672. The summed E-state index contributed by atoms with van der Waals surface area (Å²) in [6.07, 6.45) is -2.85. The van der Waals surface area contributed by atoms with E-state index in [0.717, 1.165) is 12.1 Å². The van der Waals surface area contributed by atoms with E-state index in [1.165, 1.54) is 29.2 Å². The van der Waals surface area contributed by atoms with Gasteiger partial charge in [-0.3, -0.25) is 5.41 Å². The number of rotatable bonds is 3. The van der Waals surface area contributed by atoms with Crippen molar-refractivity contribution in [3.8, 4) is 0 Å². The third kappa shape index (κ3) is 3.27. The Labute approximate surface area is 115 Å². The summed E-state index contributed by atoms with van der Waals surface area (Å²) in [5, 5.41) is 9.15. The van der Waals surface area contributed by atoms with E-state index >= 15 is 0 Å². The number of nitrogens with two attached hydrogens (primary N) is 1. The molecule has 0 saturated heterocycles. The summed E-state index contributed by atoms with van der Waals surface area (Å²) in [5.74, 6) is -0.398. The lowest BCUT2D eigenvalue weighted by Crippen LogP contribution is -2.14. The highest BCUT2D eigenvalue weighted by Crippen LogP contribution is 2.36. The number of amidine groups is 1. The standard InChI is InChI=1S/C11H8F3N3S2/c12-11(13,14)6-1-2-8(7(5-6)9(15)16)19-10-17-3-4-18-10/h1-5H,(H3,15,16). The molecule has 0 spiro atoms. The maximum absolute atomic E-state index is 12.6. The Bertz CT molecular complexity index is 594. The molecule has 0 aliphatic carbocycles. The number of nitrogens with one attached hydrogen (secondary N) is 1. The summed E-state index contributed by atoms with van der Waals surface area (Å²) in [6.45, 7) is 0. The van der Waals surface area contributed by atoms with Crippen molar-refractivity contribution in [1.29, 1.82) is 5.41 Å². The number of hydrogen-bond donors (Lipinski definition) is 2. The summed E-state index contributed by atoms with van der Waals surface area (Å²) in [5.41, 5.74) is 4.59. The van der Waals surface area contributed by atoms with E-state index in [4.69, 9.17) is 11.1 Å². The number of alkyl halides is 3. The van der Waals surface area contributed by atoms with Gasteiger partial charge in [-0.1, -0.05) is 11.8 Å². The lowest BCUT2D eigenvalue weighted by Gasteiger charge is -2.11. The van der Waals surface area contributed by atoms with Crippen LogP contribution in [0.2, 0.25) is 0 Å². The van der Waals surface area contributed by atoms with Crippen LogP contribution in [-0.4, -0.2) is 10.8 Å². The van der Waals surface area contributed by atoms with Gasteiger partial charge in [0, 0.05) is 22.0 Å². The minimum atomic E-state index is -4.45. The van der Waals surface area contributed by atoms with Crippen molar-refractivity contribution in [2.75, 3.05) is 0 Å². The molecular weight excluding hydrogens is 295 g/mol. The molecule has 2 aromatic rings. The van der Waals surface area contributed by atoms with Gasteiger partial charge in [0.25, 0.3) is 0 Å². The molecule has 3 N–H and O–H groups in total. The summed E-state index contributed by atoms with van der Waals surface area (Å²) in [4.78, 5) is 4.51. The van der Waals surface area contributed by atoms with E-state index in [0.29, 0.717) is 9.24 Å². The van der Waals surface area contributed by atoms with Crippen LogP contribution in [0.1, 0.15) is 11.1 Å². The second kappa shape index (κ2) is 5.22. The number of thiazole rings is 1. The highest BCUT2D eigenvalue weighted by molar-refractivity contribution is 8.01. The highest BCUT2D eigenvalue weighted by atomic mass is 32.2. The van der Waals surface area contributed by atoms with Crippen LogP contribution in [-0.2, 0) is 6.18 Å². The van der Waals surface area contributed by atoms with E-state index in [9.17, 15) is 13.2 Å². The molecule has 8 heteroatoms. The van der Waals surface area contributed by atoms with Crippen LogP contribution < -0.4 is 5.73 Å². The van der Waals surface area contributed by atoms with Gasteiger partial charge in [0.1, 0.15) is 5.84 Å². The highest BCUT2D eigenvalue weighted by Gasteiger charge is 2.31. The number of nitrogens with zero attached hydrogens (tertiary/aromatic N) is 1. The van der Waals surface area contributed by atoms with Crippen molar-refractivity contribution in [2.24, 2.45) is 5.73 Å². The maximum atomic E-state index is 12.6. The average Bonchev–Trinajstić information content (AvgIpc) is 2.80. The molecule has 3 nitrogen and oxygen atoms in total. The number of halogens is 3. The van der Waals surface area contributed by atoms with Crippen molar-refractivity contribution in [1.82, 2.24) is 4.98 Å². The summed E-state index contributed by atoms with van der Waals surface area (Å²) in [7, 11) is 0. The van der Waals surface area contributed by atoms with Crippen LogP contribution in [0, 0.1) is 5.41 Å². The molecule has 1 heterocycles. The van der Waals surface area contributed by atoms with Crippen LogP contribution >= 0.6 is 23.1 Å². The largest absolute Gasteiger partial charge is 0.416 e. The molecule has 100 valence electrons. The molecule has 0 bridgehead atoms. The molecule has 0 saturated carbocycles. The van der Waals surface area contributed by atoms with Gasteiger partial charge < -0.3 is 5.73 Å². The molecule has 1 aromatic heterocycles. The van der Waals surface area contributed by atoms with E-state index < -0.39 is 17.6 Å². The monoisotopic (exact) mass is 303 g/mol. The van der Waals surface area contributed by atoms with Crippen LogP contribution in [0.3, 0.4) is 0 Å². The van der Waals surface area contributed by atoms with E-state index in [2.05, 4.69) is 4.98 Å². The molecule has 0 unspecified atom stereocenters. The van der Waals surface area contributed by atoms with Gasteiger partial charge in [0.15, 0.2) is 4.34 Å². The average molecular weight is 303 g/mol. The Kier molecular flexibility index (Phi) is 3.81. The second-order valence-electron chi connectivity index (χ2n) is 3.52. The molecule has 19 heavy (non-hydrogen) atoms. The number of aromatic nitrogens is 1. The fourth-order valence-electron chi connectivity index (χ4n) is 1.36. The Balaban J connectivity index is 2.41. The predicted octanol–water partition coefficient (Wildman–Crippen LogP) is 3.60. The first-order valence-corrected chi connectivity index (χ1v) is 6.70. The van der Waals surface area contributed by atoms with Crippen molar-refractivity contribution in [3.05, 3.63) is 40.9 Å². The molecule has 0 radical (unpaired) electrons. The lowest BCUT2D eigenvalue weighted by molar-refractivity contribution is -0.137. The van der Waals surface area contributed by atoms with Gasteiger partial charge in [-0.25, -0.2) is 4.98 Å². The number of benzene rings is 1. The summed E-state index contributed by atoms with van der Waals surface area (Å²) < 4.78 is 38.5. The minimum absolute atomic E-state index is 0.0648. The molecule has 0 fully saturated rings. The Morgan fingerprint density at radius 3 is 2.63 bits per heavy atom. The Hall–Kier alpha value is -1.54. The molecule has 0 atom stereocenters. The lowest BCUT2D eigenvalue weighted by atomic mass is 10.1. The smallest absolute Gasteiger partial charge is 0.384 e. The fraction of sp³-hybridized carbons (Fsp3) is 0.0909. The first kappa shape index (κ1) is 13.9. The molecule has 0 aliphatic heterocycles. The van der Waals surface area contributed by atoms with E-state index in [1.54, 1.807) is 11.6 Å². The molecule has 1 aromatic carbocycles. The van der Waals surface area contributed by atoms with Gasteiger partial charge in [0.05, 0.1) is 5.56 Å². The topological polar surface area (TPSA) is 62.8 Å². The predicted molar refractivity (Wildman–Crippen MR) is 68.7 cm³/mol. The Morgan fingerprint density at radius 1 is 1.37 bits per heavy atom. The fourth-order valence-corrected chi connectivity index (χ4v) is 3.07. The zero-order chi connectivity index (χ0) is 14.0. The van der Waals surface area contributed by atoms with Gasteiger partial charge >= 0.3 is 6.18 Å². The molecule has 0 amide bonds. The molecule has 2 rings (SSSR count). The van der Waals surface area contributed by atoms with Gasteiger partial charge in [-0.2, -0.15) is 13.2 Å². The summed E-state index contributed by atoms with van der Waals surface area (Å²) >= 11 is 2.55. The normalized spacial score (nSPS) is 11.5. The maximum Gasteiger partial charge on any atom is 0.416 e. The van der Waals surface area contributed by atoms with E-state index in [1.807, 2.05) is 0 Å². The van der Waals surface area contributed by atoms with Crippen LogP contribution in [0.25, 0.3) is 0 Å². The van der Waals surface area contributed by atoms with Crippen molar-refractivity contribution >= 4 is 28.9 Å². The van der Waals surface area contributed by atoms with Gasteiger partial charge in [0.2, 0.25) is 0 Å². The van der Waals surface area contributed by atoms with Gasteiger partial charge in [-0.15, -0.1) is 11.3 Å². The third-order valence-corrected chi connectivity index (χ3v) is 4.16. The van der Waals surface area contributed by atoms with E-state index in [-0.39, 0.29) is 5.56 Å². The first-order chi connectivity index (χ1) is 8.88. The number of nitrogen functional groups attached to an aromatic ring is 1. The van der Waals surface area contributed by atoms with Crippen LogP contribution in [0.4, 0.5) is 13.2 Å². The van der Waals surface area contributed by atoms with Crippen molar-refractivity contribution < 1.29 is 13.2 Å². The Morgan fingerprint density at radius 2 is 2.11 bits per heavy atom. The zero-order valence-electron chi connectivity index (χ0n) is 9.36. The third-order valence-electron chi connectivity index (χ3n) is 2.20. The van der Waals surface area contributed by atoms with Crippen molar-refractivity contribution in [3.63, 3.8) is 0 Å². The minimum Gasteiger partial charge on any atom is -0.384 e. The van der Waals surface area contributed by atoms with Crippen molar-refractivity contribution in [2.45, 2.75) is 15.4 Å².